The molecule has 4 nitrogen and oxygen atoms in total. The van der Waals surface area contributed by atoms with E-state index in [9.17, 15) is 4.79 Å². The number of nitrogens with zero attached hydrogens (tertiary/aromatic N) is 1. The average molecular weight is 259 g/mol. The maximum Gasteiger partial charge on any atom is 0.272 e. The third-order valence-electron chi connectivity index (χ3n) is 4.07. The second kappa shape index (κ2) is 5.21. The lowest BCUT2D eigenvalue weighted by Gasteiger charge is -2.22. The maximum absolute atomic E-state index is 12.0. The van der Waals surface area contributed by atoms with Crippen molar-refractivity contribution in [2.24, 2.45) is 5.92 Å². The van der Waals surface area contributed by atoms with Crippen molar-refractivity contribution in [2.75, 3.05) is 13.1 Å². The molecule has 0 aliphatic carbocycles. The standard InChI is InChI=1S/C15H21N3O/c1-11-9-13-5-8-18(14(13)15(19)17-11)7-4-12-3-2-6-16-10-12/h5,8-9,12,16H,2-4,6-7,10H2,1H3,(H,17,19). The lowest BCUT2D eigenvalue weighted by atomic mass is 9.96. The quantitative estimate of drug-likeness (QED) is 0.886. The van der Waals surface area contributed by atoms with E-state index in [0.29, 0.717) is 0 Å². The smallest absolute Gasteiger partial charge is 0.272 e. The van der Waals surface area contributed by atoms with Crippen LogP contribution in [0.15, 0.2) is 23.1 Å². The number of hydrogen-bond donors (Lipinski definition) is 2. The number of nitrogens with one attached hydrogen (secondary N) is 2. The Balaban J connectivity index is 1.79. The van der Waals surface area contributed by atoms with Gasteiger partial charge in [-0.3, -0.25) is 4.79 Å². The summed E-state index contributed by atoms with van der Waals surface area (Å²) in [5, 5.41) is 4.49. The molecule has 3 rings (SSSR count). The first kappa shape index (κ1) is 12.5. The van der Waals surface area contributed by atoms with Crippen molar-refractivity contribution < 1.29 is 0 Å². The van der Waals surface area contributed by atoms with Gasteiger partial charge in [0.2, 0.25) is 0 Å². The van der Waals surface area contributed by atoms with E-state index < -0.39 is 0 Å². The van der Waals surface area contributed by atoms with Gasteiger partial charge in [-0.1, -0.05) is 0 Å². The zero-order valence-corrected chi connectivity index (χ0v) is 11.4. The largest absolute Gasteiger partial charge is 0.343 e. The highest BCUT2D eigenvalue weighted by Crippen LogP contribution is 2.18. The van der Waals surface area contributed by atoms with E-state index >= 15 is 0 Å². The van der Waals surface area contributed by atoms with Crippen LogP contribution in [0.1, 0.15) is 25.0 Å². The van der Waals surface area contributed by atoms with Crippen molar-refractivity contribution in [3.63, 3.8) is 0 Å². The molecule has 0 saturated carbocycles. The molecule has 2 aromatic heterocycles. The van der Waals surface area contributed by atoms with Gasteiger partial charge in [0.05, 0.1) is 0 Å². The molecule has 0 spiro atoms. The zero-order chi connectivity index (χ0) is 13.2. The van der Waals surface area contributed by atoms with Crippen LogP contribution >= 0.6 is 0 Å². The van der Waals surface area contributed by atoms with E-state index in [-0.39, 0.29) is 5.56 Å². The highest BCUT2D eigenvalue weighted by molar-refractivity contribution is 5.79. The Hall–Kier alpha value is -1.55. The van der Waals surface area contributed by atoms with E-state index in [4.69, 9.17) is 0 Å². The van der Waals surface area contributed by atoms with Crippen LogP contribution in [0.4, 0.5) is 0 Å². The summed E-state index contributed by atoms with van der Waals surface area (Å²) in [5.41, 5.74) is 1.77. The minimum absolute atomic E-state index is 0.0294. The molecule has 0 aromatic carbocycles. The van der Waals surface area contributed by atoms with Gasteiger partial charge in [-0.2, -0.15) is 0 Å². The summed E-state index contributed by atoms with van der Waals surface area (Å²) in [6, 6.07) is 4.08. The molecule has 0 radical (unpaired) electrons. The molecular weight excluding hydrogens is 238 g/mol. The van der Waals surface area contributed by atoms with E-state index in [1.807, 2.05) is 25.3 Å². The molecule has 102 valence electrons. The van der Waals surface area contributed by atoms with Crippen LogP contribution in [0.25, 0.3) is 10.9 Å². The van der Waals surface area contributed by atoms with Crippen molar-refractivity contribution in [1.82, 2.24) is 14.9 Å². The first-order chi connectivity index (χ1) is 9.24. The van der Waals surface area contributed by atoms with Crippen LogP contribution in [0.2, 0.25) is 0 Å². The number of aromatic nitrogens is 2. The number of aromatic amines is 1. The molecule has 4 heteroatoms. The molecule has 0 bridgehead atoms. The number of pyridine rings is 1. The molecule has 19 heavy (non-hydrogen) atoms. The Labute approximate surface area is 112 Å². The highest BCUT2D eigenvalue weighted by Gasteiger charge is 2.13. The second-order valence-electron chi connectivity index (χ2n) is 5.60. The highest BCUT2D eigenvalue weighted by atomic mass is 16.1. The summed E-state index contributed by atoms with van der Waals surface area (Å²) < 4.78 is 2.10. The normalized spacial score (nSPS) is 19.9. The van der Waals surface area contributed by atoms with Gasteiger partial charge in [0.1, 0.15) is 5.52 Å². The second-order valence-corrected chi connectivity index (χ2v) is 5.60. The van der Waals surface area contributed by atoms with Gasteiger partial charge in [-0.15, -0.1) is 0 Å². The summed E-state index contributed by atoms with van der Waals surface area (Å²) in [6.45, 7) is 5.13. The van der Waals surface area contributed by atoms with Crippen LogP contribution < -0.4 is 10.9 Å². The number of hydrogen-bond acceptors (Lipinski definition) is 2. The number of piperidine rings is 1. The van der Waals surface area contributed by atoms with Gasteiger partial charge >= 0.3 is 0 Å². The molecule has 2 aromatic rings. The van der Waals surface area contributed by atoms with Crippen molar-refractivity contribution in [1.29, 1.82) is 0 Å². The molecule has 1 atom stereocenters. The molecule has 1 aliphatic heterocycles. The molecule has 1 aliphatic rings. The minimum atomic E-state index is 0.0294. The monoisotopic (exact) mass is 259 g/mol. The lowest BCUT2D eigenvalue weighted by Crippen LogP contribution is -2.30. The van der Waals surface area contributed by atoms with Gasteiger partial charge in [0.25, 0.3) is 5.56 Å². The van der Waals surface area contributed by atoms with Gasteiger partial charge in [0.15, 0.2) is 0 Å². The van der Waals surface area contributed by atoms with Crippen LogP contribution in [0.5, 0.6) is 0 Å². The van der Waals surface area contributed by atoms with E-state index in [2.05, 4.69) is 14.9 Å². The molecule has 1 saturated heterocycles. The fraction of sp³-hybridized carbons (Fsp3) is 0.533. The third-order valence-corrected chi connectivity index (χ3v) is 4.07. The first-order valence-electron chi connectivity index (χ1n) is 7.13. The van der Waals surface area contributed by atoms with E-state index in [1.165, 1.54) is 12.8 Å². The summed E-state index contributed by atoms with van der Waals surface area (Å²) in [4.78, 5) is 14.9. The number of rotatable bonds is 3. The van der Waals surface area contributed by atoms with Crippen LogP contribution in [0, 0.1) is 12.8 Å². The predicted octanol–water partition coefficient (Wildman–Crippen LogP) is 2.03. The van der Waals surface area contributed by atoms with Crippen LogP contribution in [-0.2, 0) is 6.54 Å². The zero-order valence-electron chi connectivity index (χ0n) is 11.4. The molecule has 1 unspecified atom stereocenters. The Morgan fingerprint density at radius 2 is 2.37 bits per heavy atom. The molecule has 3 heterocycles. The maximum atomic E-state index is 12.0. The summed E-state index contributed by atoms with van der Waals surface area (Å²) >= 11 is 0. The Kier molecular flexibility index (Phi) is 3.42. The van der Waals surface area contributed by atoms with Gasteiger partial charge < -0.3 is 14.9 Å². The Morgan fingerprint density at radius 1 is 1.47 bits per heavy atom. The molecule has 1 fully saturated rings. The number of aryl methyl sites for hydroxylation is 2. The fourth-order valence-electron chi connectivity index (χ4n) is 3.05. The Morgan fingerprint density at radius 3 is 3.16 bits per heavy atom. The molecule has 0 amide bonds. The number of H-pyrrole nitrogens is 1. The van der Waals surface area contributed by atoms with Crippen LogP contribution in [-0.4, -0.2) is 22.6 Å². The van der Waals surface area contributed by atoms with Gasteiger partial charge in [-0.25, -0.2) is 0 Å². The Bertz CT molecular complexity index is 620. The van der Waals surface area contributed by atoms with Crippen molar-refractivity contribution in [3.05, 3.63) is 34.4 Å². The topological polar surface area (TPSA) is 49.8 Å². The predicted molar refractivity (Wildman–Crippen MR) is 77.5 cm³/mol. The fourth-order valence-corrected chi connectivity index (χ4v) is 3.05. The van der Waals surface area contributed by atoms with Crippen molar-refractivity contribution >= 4 is 10.9 Å². The minimum Gasteiger partial charge on any atom is -0.343 e. The third kappa shape index (κ3) is 2.59. The average Bonchev–Trinajstić information content (AvgIpc) is 2.81. The van der Waals surface area contributed by atoms with Crippen LogP contribution in [0.3, 0.4) is 0 Å². The van der Waals surface area contributed by atoms with E-state index in [0.717, 1.165) is 48.6 Å². The molecular formula is C15H21N3O. The molecule has 2 N–H and O–H groups in total. The number of fused-ring (bicyclic) bond motifs is 1. The SMILES string of the molecule is Cc1cc2ccn(CCC3CCCNC3)c2c(=O)[nH]1. The summed E-state index contributed by atoms with van der Waals surface area (Å²) in [6.07, 6.45) is 5.76. The lowest BCUT2D eigenvalue weighted by molar-refractivity contribution is 0.343. The summed E-state index contributed by atoms with van der Waals surface area (Å²) in [5.74, 6) is 0.746. The van der Waals surface area contributed by atoms with Crippen molar-refractivity contribution in [3.8, 4) is 0 Å². The van der Waals surface area contributed by atoms with Gasteiger partial charge in [-0.05, 0) is 57.3 Å². The van der Waals surface area contributed by atoms with Gasteiger partial charge in [0, 0.05) is 23.8 Å². The van der Waals surface area contributed by atoms with Crippen molar-refractivity contribution in [2.45, 2.75) is 32.7 Å². The first-order valence-corrected chi connectivity index (χ1v) is 7.13. The van der Waals surface area contributed by atoms with E-state index in [1.54, 1.807) is 0 Å². The summed E-state index contributed by atoms with van der Waals surface area (Å²) in [7, 11) is 0.